The normalized spacial score (nSPS) is 10.6. The first-order valence-corrected chi connectivity index (χ1v) is 4.93. The highest BCUT2D eigenvalue weighted by Gasteiger charge is 2.07. The molecule has 0 aromatic carbocycles. The highest BCUT2D eigenvalue weighted by molar-refractivity contribution is 5.43. The first kappa shape index (κ1) is 10.6. The number of aryl methyl sites for hydroxylation is 1. The Labute approximate surface area is 92.4 Å². The maximum Gasteiger partial charge on any atom is 0.251 e. The molecule has 0 radical (unpaired) electrons. The van der Waals surface area contributed by atoms with Crippen molar-refractivity contribution in [2.45, 2.75) is 6.54 Å². The lowest BCUT2D eigenvalue weighted by molar-refractivity contribution is 0.781. The number of hydrogen-bond donors (Lipinski definition) is 2. The summed E-state index contributed by atoms with van der Waals surface area (Å²) in [5, 5.41) is 2.96. The van der Waals surface area contributed by atoms with Gasteiger partial charge in [-0.3, -0.25) is 4.79 Å². The van der Waals surface area contributed by atoms with Gasteiger partial charge in [-0.25, -0.2) is 9.97 Å². The maximum atomic E-state index is 11.4. The first-order valence-electron chi connectivity index (χ1n) is 4.93. The highest BCUT2D eigenvalue weighted by atomic mass is 16.1. The summed E-state index contributed by atoms with van der Waals surface area (Å²) in [7, 11) is 3.66. The fourth-order valence-electron chi connectivity index (χ4n) is 1.48. The van der Waals surface area contributed by atoms with Gasteiger partial charge < -0.3 is 14.9 Å². The van der Waals surface area contributed by atoms with Gasteiger partial charge in [-0.05, 0) is 7.05 Å². The van der Waals surface area contributed by atoms with E-state index in [0.29, 0.717) is 23.9 Å². The second-order valence-electron chi connectivity index (χ2n) is 3.48. The molecular formula is C10H13N5O. The summed E-state index contributed by atoms with van der Waals surface area (Å²) in [4.78, 5) is 22.6. The molecule has 2 N–H and O–H groups in total. The summed E-state index contributed by atoms with van der Waals surface area (Å²) in [5.41, 5.74) is 0.530. The molecule has 2 rings (SSSR count). The van der Waals surface area contributed by atoms with Crippen molar-refractivity contribution in [2.75, 3.05) is 7.05 Å². The minimum absolute atomic E-state index is 0.168. The largest absolute Gasteiger partial charge is 0.331 e. The van der Waals surface area contributed by atoms with Crippen molar-refractivity contribution >= 4 is 0 Å². The predicted molar refractivity (Wildman–Crippen MR) is 59.8 cm³/mol. The second kappa shape index (κ2) is 4.28. The summed E-state index contributed by atoms with van der Waals surface area (Å²) in [6.45, 7) is 0.557. The number of rotatable bonds is 3. The Balaban J connectivity index is 2.49. The van der Waals surface area contributed by atoms with E-state index >= 15 is 0 Å². The fraction of sp³-hybridized carbons (Fsp3) is 0.300. The van der Waals surface area contributed by atoms with Crippen LogP contribution in [0.15, 0.2) is 23.3 Å². The van der Waals surface area contributed by atoms with Crippen LogP contribution in [0.25, 0.3) is 11.6 Å². The third-order valence-electron chi connectivity index (χ3n) is 2.19. The Kier molecular flexibility index (Phi) is 2.82. The minimum atomic E-state index is -0.168. The van der Waals surface area contributed by atoms with Gasteiger partial charge in [0.2, 0.25) is 0 Å². The van der Waals surface area contributed by atoms with Crippen molar-refractivity contribution in [1.29, 1.82) is 0 Å². The molecule has 16 heavy (non-hydrogen) atoms. The van der Waals surface area contributed by atoms with E-state index < -0.39 is 0 Å². The second-order valence-corrected chi connectivity index (χ2v) is 3.48. The molecule has 6 heteroatoms. The molecule has 2 heterocycles. The van der Waals surface area contributed by atoms with Crippen LogP contribution >= 0.6 is 0 Å². The van der Waals surface area contributed by atoms with Crippen LogP contribution in [-0.2, 0) is 13.6 Å². The predicted octanol–water partition coefficient (Wildman–Crippen LogP) is -0.110. The minimum Gasteiger partial charge on any atom is -0.331 e. The van der Waals surface area contributed by atoms with Crippen molar-refractivity contribution in [2.24, 2.45) is 7.05 Å². The average molecular weight is 219 g/mol. The molecule has 0 spiro atoms. The van der Waals surface area contributed by atoms with E-state index in [0.717, 1.165) is 0 Å². The van der Waals surface area contributed by atoms with E-state index in [1.165, 1.54) is 6.07 Å². The number of aromatic amines is 1. The topological polar surface area (TPSA) is 75.6 Å². The van der Waals surface area contributed by atoms with Gasteiger partial charge in [-0.15, -0.1) is 0 Å². The summed E-state index contributed by atoms with van der Waals surface area (Å²) < 4.78 is 1.81. The van der Waals surface area contributed by atoms with Gasteiger partial charge in [-0.2, -0.15) is 0 Å². The standard InChI is InChI=1S/C10H13N5O/c1-11-6-7-5-8(16)14-9(13-7)10-12-3-4-15(10)2/h3-5,11H,6H2,1-2H3,(H,13,14,16). The van der Waals surface area contributed by atoms with E-state index in [9.17, 15) is 4.79 Å². The van der Waals surface area contributed by atoms with Crippen LogP contribution in [0.5, 0.6) is 0 Å². The van der Waals surface area contributed by atoms with Crippen LogP contribution in [0.1, 0.15) is 5.69 Å². The molecule has 0 saturated carbocycles. The smallest absolute Gasteiger partial charge is 0.251 e. The molecular weight excluding hydrogens is 206 g/mol. The first-order chi connectivity index (χ1) is 7.70. The van der Waals surface area contributed by atoms with Crippen LogP contribution in [0.2, 0.25) is 0 Å². The summed E-state index contributed by atoms with van der Waals surface area (Å²) in [6, 6.07) is 1.48. The van der Waals surface area contributed by atoms with Crippen molar-refractivity contribution in [3.63, 3.8) is 0 Å². The van der Waals surface area contributed by atoms with Gasteiger partial charge in [0.1, 0.15) is 0 Å². The van der Waals surface area contributed by atoms with Gasteiger partial charge in [0.25, 0.3) is 5.56 Å². The zero-order chi connectivity index (χ0) is 11.5. The Hall–Kier alpha value is -1.95. The molecule has 2 aromatic rings. The van der Waals surface area contributed by atoms with Crippen LogP contribution in [0.4, 0.5) is 0 Å². The van der Waals surface area contributed by atoms with Crippen molar-refractivity contribution in [3.05, 3.63) is 34.5 Å². The van der Waals surface area contributed by atoms with E-state index in [1.807, 2.05) is 14.1 Å². The van der Waals surface area contributed by atoms with Crippen molar-refractivity contribution < 1.29 is 0 Å². The molecule has 0 fully saturated rings. The molecule has 0 aliphatic rings. The lowest BCUT2D eigenvalue weighted by Gasteiger charge is -2.03. The quantitative estimate of drug-likeness (QED) is 0.755. The number of nitrogens with one attached hydrogen (secondary N) is 2. The molecule has 2 aromatic heterocycles. The van der Waals surface area contributed by atoms with E-state index in [-0.39, 0.29) is 5.56 Å². The van der Waals surface area contributed by atoms with Crippen LogP contribution in [-0.4, -0.2) is 26.6 Å². The number of imidazole rings is 1. The zero-order valence-electron chi connectivity index (χ0n) is 9.19. The molecule has 0 amide bonds. The summed E-state index contributed by atoms with van der Waals surface area (Å²) in [6.07, 6.45) is 3.47. The zero-order valence-corrected chi connectivity index (χ0v) is 9.19. The van der Waals surface area contributed by atoms with Crippen molar-refractivity contribution in [3.8, 4) is 11.6 Å². The molecule has 84 valence electrons. The van der Waals surface area contributed by atoms with Crippen LogP contribution in [0.3, 0.4) is 0 Å². The van der Waals surface area contributed by atoms with Crippen LogP contribution in [0, 0.1) is 0 Å². The third-order valence-corrected chi connectivity index (χ3v) is 2.19. The Morgan fingerprint density at radius 3 is 3.00 bits per heavy atom. The van der Waals surface area contributed by atoms with Gasteiger partial charge in [0.05, 0.1) is 5.69 Å². The van der Waals surface area contributed by atoms with Gasteiger partial charge >= 0.3 is 0 Å². The number of H-pyrrole nitrogens is 1. The lowest BCUT2D eigenvalue weighted by atomic mass is 10.4. The molecule has 0 aliphatic carbocycles. The molecule has 0 atom stereocenters. The molecule has 0 aliphatic heterocycles. The maximum absolute atomic E-state index is 11.4. The molecule has 6 nitrogen and oxygen atoms in total. The van der Waals surface area contributed by atoms with Gasteiger partial charge in [0, 0.05) is 32.1 Å². The monoisotopic (exact) mass is 219 g/mol. The number of nitrogens with zero attached hydrogens (tertiary/aromatic N) is 3. The lowest BCUT2D eigenvalue weighted by Crippen LogP contribution is -2.15. The number of aromatic nitrogens is 4. The number of hydrogen-bond acceptors (Lipinski definition) is 4. The van der Waals surface area contributed by atoms with Gasteiger partial charge in [-0.1, -0.05) is 0 Å². The molecule has 0 bridgehead atoms. The Morgan fingerprint density at radius 2 is 2.38 bits per heavy atom. The van der Waals surface area contributed by atoms with Crippen LogP contribution < -0.4 is 10.9 Å². The Morgan fingerprint density at radius 1 is 1.56 bits per heavy atom. The Bertz CT molecular complexity index is 542. The van der Waals surface area contributed by atoms with E-state index in [1.54, 1.807) is 17.0 Å². The van der Waals surface area contributed by atoms with E-state index in [2.05, 4.69) is 20.3 Å². The van der Waals surface area contributed by atoms with Crippen molar-refractivity contribution in [1.82, 2.24) is 24.8 Å². The van der Waals surface area contributed by atoms with E-state index in [4.69, 9.17) is 0 Å². The molecule has 0 unspecified atom stereocenters. The fourth-order valence-corrected chi connectivity index (χ4v) is 1.48. The average Bonchev–Trinajstić information content (AvgIpc) is 2.64. The highest BCUT2D eigenvalue weighted by Crippen LogP contribution is 2.09. The SMILES string of the molecule is CNCc1cc(=O)[nH]c(-c2nccn2C)n1. The van der Waals surface area contributed by atoms with Gasteiger partial charge in [0.15, 0.2) is 11.6 Å². The summed E-state index contributed by atoms with van der Waals surface area (Å²) >= 11 is 0. The third kappa shape index (κ3) is 2.01. The molecule has 0 saturated heterocycles. The summed E-state index contributed by atoms with van der Waals surface area (Å²) in [5.74, 6) is 1.14.